The molecule has 1 aliphatic carbocycles. The Bertz CT molecular complexity index is 581. The average molecular weight is 269 g/mol. The van der Waals surface area contributed by atoms with E-state index in [9.17, 15) is 0 Å². The van der Waals surface area contributed by atoms with Gasteiger partial charge in [0.05, 0.1) is 11.6 Å². The third-order valence-corrected chi connectivity index (χ3v) is 4.61. The van der Waals surface area contributed by atoms with Crippen molar-refractivity contribution in [2.24, 2.45) is 5.73 Å². The number of benzene rings is 2. The van der Waals surface area contributed by atoms with E-state index in [-0.39, 0.29) is 11.6 Å². The summed E-state index contributed by atoms with van der Waals surface area (Å²) in [6.07, 6.45) is 4.59. The first kappa shape index (κ1) is 13.6. The van der Waals surface area contributed by atoms with Gasteiger partial charge in [-0.25, -0.2) is 0 Å². The lowest BCUT2D eigenvalue weighted by Crippen LogP contribution is -2.41. The van der Waals surface area contributed by atoms with Crippen LogP contribution in [0.2, 0.25) is 0 Å². The number of rotatable bonds is 4. The molecule has 2 heteroatoms. The Hall–Kier alpha value is -1.38. The zero-order chi connectivity index (χ0) is 14.0. The van der Waals surface area contributed by atoms with Gasteiger partial charge in [0.25, 0.3) is 0 Å². The molecule has 1 aliphatic rings. The molecule has 0 aliphatic heterocycles. The molecule has 0 saturated heterocycles. The highest BCUT2D eigenvalue weighted by molar-refractivity contribution is 5.86. The molecule has 1 fully saturated rings. The maximum Gasteiger partial charge on any atom is 0.0874 e. The monoisotopic (exact) mass is 269 g/mol. The first-order valence-electron chi connectivity index (χ1n) is 7.64. The van der Waals surface area contributed by atoms with Crippen LogP contribution in [0, 0.1) is 0 Å². The van der Waals surface area contributed by atoms with Crippen molar-refractivity contribution in [3.8, 4) is 0 Å². The Morgan fingerprint density at radius 3 is 2.55 bits per heavy atom. The predicted octanol–water partition coefficient (Wildman–Crippen LogP) is 4.19. The second-order valence-corrected chi connectivity index (χ2v) is 5.75. The molecule has 0 bridgehead atoms. The van der Waals surface area contributed by atoms with Crippen molar-refractivity contribution < 1.29 is 4.74 Å². The van der Waals surface area contributed by atoms with Crippen LogP contribution in [0.25, 0.3) is 10.8 Å². The zero-order valence-corrected chi connectivity index (χ0v) is 12.1. The van der Waals surface area contributed by atoms with E-state index in [1.54, 1.807) is 0 Å². The minimum atomic E-state index is -0.168. The van der Waals surface area contributed by atoms with Crippen LogP contribution in [-0.2, 0) is 4.74 Å². The third kappa shape index (κ3) is 2.23. The van der Waals surface area contributed by atoms with Crippen LogP contribution in [0.5, 0.6) is 0 Å². The standard InChI is InChI=1S/C18H23NO/c1-2-20-18(12-5-6-13-18)17(19)16-11-7-9-14-8-3-4-10-15(14)16/h3-4,7-11,17H,2,5-6,12-13,19H2,1H3. The lowest BCUT2D eigenvalue weighted by atomic mass is 9.85. The van der Waals surface area contributed by atoms with Crippen LogP contribution in [0.4, 0.5) is 0 Å². The Morgan fingerprint density at radius 2 is 1.80 bits per heavy atom. The van der Waals surface area contributed by atoms with Gasteiger partial charge in [-0.3, -0.25) is 0 Å². The molecule has 0 radical (unpaired) electrons. The number of hydrogen-bond donors (Lipinski definition) is 1. The first-order valence-corrected chi connectivity index (χ1v) is 7.64. The van der Waals surface area contributed by atoms with Gasteiger partial charge in [0.2, 0.25) is 0 Å². The van der Waals surface area contributed by atoms with E-state index in [4.69, 9.17) is 10.5 Å². The van der Waals surface area contributed by atoms with E-state index < -0.39 is 0 Å². The Morgan fingerprint density at radius 1 is 1.10 bits per heavy atom. The fourth-order valence-electron chi connectivity index (χ4n) is 3.61. The SMILES string of the molecule is CCOC1(C(N)c2cccc3ccccc23)CCCC1. The molecule has 0 amide bonds. The van der Waals surface area contributed by atoms with Gasteiger partial charge in [-0.05, 0) is 36.1 Å². The summed E-state index contributed by atoms with van der Waals surface area (Å²) in [5.74, 6) is 0. The summed E-state index contributed by atoms with van der Waals surface area (Å²) in [7, 11) is 0. The van der Waals surface area contributed by atoms with Gasteiger partial charge >= 0.3 is 0 Å². The molecule has 0 aromatic heterocycles. The maximum atomic E-state index is 6.66. The summed E-state index contributed by atoms with van der Waals surface area (Å²) in [5, 5.41) is 2.51. The second-order valence-electron chi connectivity index (χ2n) is 5.75. The van der Waals surface area contributed by atoms with E-state index in [1.165, 1.54) is 29.2 Å². The molecule has 1 saturated carbocycles. The van der Waals surface area contributed by atoms with Crippen molar-refractivity contribution in [1.82, 2.24) is 0 Å². The molecule has 1 unspecified atom stereocenters. The molecule has 0 spiro atoms. The van der Waals surface area contributed by atoms with Crippen molar-refractivity contribution in [3.63, 3.8) is 0 Å². The summed E-state index contributed by atoms with van der Waals surface area (Å²) in [6, 6.07) is 14.8. The van der Waals surface area contributed by atoms with Gasteiger partial charge in [0, 0.05) is 6.61 Å². The molecule has 1 atom stereocenters. The summed E-state index contributed by atoms with van der Waals surface area (Å²) < 4.78 is 6.13. The molecule has 2 nitrogen and oxygen atoms in total. The van der Waals surface area contributed by atoms with Crippen LogP contribution in [0.15, 0.2) is 42.5 Å². The number of hydrogen-bond acceptors (Lipinski definition) is 2. The van der Waals surface area contributed by atoms with Gasteiger partial charge < -0.3 is 10.5 Å². The molecular formula is C18H23NO. The van der Waals surface area contributed by atoms with E-state index in [0.29, 0.717) is 0 Å². The van der Waals surface area contributed by atoms with Crippen LogP contribution >= 0.6 is 0 Å². The Balaban J connectivity index is 2.05. The van der Waals surface area contributed by atoms with Crippen LogP contribution in [0.1, 0.15) is 44.2 Å². The van der Waals surface area contributed by atoms with Crippen molar-refractivity contribution >= 4 is 10.8 Å². The summed E-state index contributed by atoms with van der Waals surface area (Å²) in [4.78, 5) is 0. The quantitative estimate of drug-likeness (QED) is 0.903. The lowest BCUT2D eigenvalue weighted by molar-refractivity contribution is -0.0533. The van der Waals surface area contributed by atoms with E-state index in [1.807, 2.05) is 0 Å². The summed E-state index contributed by atoms with van der Waals surface area (Å²) in [5.41, 5.74) is 7.72. The molecular weight excluding hydrogens is 246 g/mol. The highest BCUT2D eigenvalue weighted by Crippen LogP contribution is 2.43. The van der Waals surface area contributed by atoms with Crippen LogP contribution in [0.3, 0.4) is 0 Å². The number of nitrogens with two attached hydrogens (primary N) is 1. The van der Waals surface area contributed by atoms with Crippen molar-refractivity contribution in [1.29, 1.82) is 0 Å². The molecule has 3 rings (SSSR count). The normalized spacial score (nSPS) is 19.3. The maximum absolute atomic E-state index is 6.66. The van der Waals surface area contributed by atoms with Crippen LogP contribution in [-0.4, -0.2) is 12.2 Å². The molecule has 106 valence electrons. The topological polar surface area (TPSA) is 35.2 Å². The molecule has 2 N–H and O–H groups in total. The highest BCUT2D eigenvalue weighted by atomic mass is 16.5. The van der Waals surface area contributed by atoms with E-state index >= 15 is 0 Å². The van der Waals surface area contributed by atoms with Crippen molar-refractivity contribution in [2.75, 3.05) is 6.61 Å². The van der Waals surface area contributed by atoms with Gasteiger partial charge in [-0.1, -0.05) is 55.3 Å². The highest BCUT2D eigenvalue weighted by Gasteiger charge is 2.41. The fraction of sp³-hybridized carbons (Fsp3) is 0.444. The van der Waals surface area contributed by atoms with E-state index in [2.05, 4.69) is 49.4 Å². The van der Waals surface area contributed by atoms with Crippen molar-refractivity contribution in [2.45, 2.75) is 44.2 Å². The number of fused-ring (bicyclic) bond motifs is 1. The van der Waals surface area contributed by atoms with E-state index in [0.717, 1.165) is 19.4 Å². The van der Waals surface area contributed by atoms with Gasteiger partial charge in [0.15, 0.2) is 0 Å². The predicted molar refractivity (Wildman–Crippen MR) is 83.7 cm³/mol. The molecule has 20 heavy (non-hydrogen) atoms. The minimum absolute atomic E-state index is 0.0453. The Kier molecular flexibility index (Phi) is 3.77. The number of ether oxygens (including phenoxy) is 1. The first-order chi connectivity index (χ1) is 9.77. The zero-order valence-electron chi connectivity index (χ0n) is 12.1. The average Bonchev–Trinajstić information content (AvgIpc) is 2.96. The van der Waals surface area contributed by atoms with Gasteiger partial charge in [-0.2, -0.15) is 0 Å². The molecule has 2 aromatic rings. The van der Waals surface area contributed by atoms with Crippen molar-refractivity contribution in [3.05, 3.63) is 48.0 Å². The van der Waals surface area contributed by atoms with Crippen LogP contribution < -0.4 is 5.73 Å². The van der Waals surface area contributed by atoms with Gasteiger partial charge in [-0.15, -0.1) is 0 Å². The third-order valence-electron chi connectivity index (χ3n) is 4.61. The fourth-order valence-corrected chi connectivity index (χ4v) is 3.61. The largest absolute Gasteiger partial charge is 0.373 e. The summed E-state index contributed by atoms with van der Waals surface area (Å²) in [6.45, 7) is 2.80. The molecule has 2 aromatic carbocycles. The smallest absolute Gasteiger partial charge is 0.0874 e. The molecule has 0 heterocycles. The Labute approximate surface area is 120 Å². The summed E-state index contributed by atoms with van der Waals surface area (Å²) >= 11 is 0. The lowest BCUT2D eigenvalue weighted by Gasteiger charge is -2.36. The minimum Gasteiger partial charge on any atom is -0.373 e. The van der Waals surface area contributed by atoms with Gasteiger partial charge in [0.1, 0.15) is 0 Å². The second kappa shape index (κ2) is 5.55.